The van der Waals surface area contributed by atoms with Gasteiger partial charge in [-0.05, 0) is 63.7 Å². The number of hydrogen-bond acceptors (Lipinski definition) is 4. The number of rotatable bonds is 2. The van der Waals surface area contributed by atoms with Gasteiger partial charge in [0.2, 0.25) is 0 Å². The standard InChI is InChI=1S/C35H23N3S/c1-35(2)29-14-8-9-15-30(29)38(24-10-4-3-5-11-24)31-19-32(39-34(31)35)22-16-17-27-28(18-22)25-12-6-7-13-26(25)33(27)23(20-36)21-37/h3-19H,1-2H3. The summed E-state index contributed by atoms with van der Waals surface area (Å²) in [6.45, 7) is 4.63. The smallest absolute Gasteiger partial charge is 0.138 e. The van der Waals surface area contributed by atoms with Gasteiger partial charge in [0.15, 0.2) is 0 Å². The molecule has 0 saturated heterocycles. The number of allylic oxidation sites excluding steroid dienone is 1. The topological polar surface area (TPSA) is 50.8 Å². The van der Waals surface area contributed by atoms with Crippen molar-refractivity contribution >= 4 is 34.0 Å². The van der Waals surface area contributed by atoms with E-state index in [0.717, 1.165) is 39.1 Å². The van der Waals surface area contributed by atoms with Gasteiger partial charge in [0.05, 0.1) is 11.4 Å². The fraction of sp³-hybridized carbons (Fsp3) is 0.0857. The van der Waals surface area contributed by atoms with Gasteiger partial charge in [-0.2, -0.15) is 10.5 Å². The Morgan fingerprint density at radius 2 is 1.36 bits per heavy atom. The third-order valence-corrected chi connectivity index (χ3v) is 9.38. The van der Waals surface area contributed by atoms with Crippen molar-refractivity contribution in [3.8, 4) is 33.7 Å². The highest BCUT2D eigenvalue weighted by molar-refractivity contribution is 7.16. The Kier molecular flexibility index (Phi) is 5.10. The van der Waals surface area contributed by atoms with E-state index in [2.05, 4.69) is 116 Å². The maximum absolute atomic E-state index is 9.67. The molecule has 0 unspecified atom stereocenters. The summed E-state index contributed by atoms with van der Waals surface area (Å²) in [7, 11) is 0. The fourth-order valence-corrected chi connectivity index (χ4v) is 7.32. The minimum absolute atomic E-state index is 0.145. The van der Waals surface area contributed by atoms with Gasteiger partial charge in [-0.1, -0.05) is 86.6 Å². The molecule has 5 aromatic rings. The van der Waals surface area contributed by atoms with E-state index in [1.807, 2.05) is 29.5 Å². The molecule has 0 saturated carbocycles. The average molecular weight is 518 g/mol. The number of hydrogen-bond donors (Lipinski definition) is 0. The molecular weight excluding hydrogens is 494 g/mol. The van der Waals surface area contributed by atoms with E-state index < -0.39 is 0 Å². The van der Waals surface area contributed by atoms with Crippen molar-refractivity contribution in [2.75, 3.05) is 4.90 Å². The summed E-state index contributed by atoms with van der Waals surface area (Å²) in [4.78, 5) is 4.91. The Morgan fingerprint density at radius 1 is 0.692 bits per heavy atom. The van der Waals surface area contributed by atoms with Crippen molar-refractivity contribution in [1.29, 1.82) is 10.5 Å². The van der Waals surface area contributed by atoms with Crippen molar-refractivity contribution in [3.05, 3.63) is 130 Å². The third kappa shape index (κ3) is 3.33. The molecule has 1 aliphatic carbocycles. The van der Waals surface area contributed by atoms with Crippen LogP contribution in [0.25, 0.3) is 27.1 Å². The van der Waals surface area contributed by atoms with E-state index >= 15 is 0 Å². The maximum atomic E-state index is 9.67. The molecule has 1 aromatic heterocycles. The highest BCUT2D eigenvalue weighted by Gasteiger charge is 2.39. The number of benzene rings is 4. The van der Waals surface area contributed by atoms with Crippen LogP contribution in [0.15, 0.2) is 109 Å². The zero-order chi connectivity index (χ0) is 26.7. The van der Waals surface area contributed by atoms with E-state index in [0.29, 0.717) is 0 Å². The van der Waals surface area contributed by atoms with Gasteiger partial charge in [-0.15, -0.1) is 11.3 Å². The second-order valence-electron chi connectivity index (χ2n) is 10.4. The van der Waals surface area contributed by atoms with Crippen LogP contribution in [0.4, 0.5) is 17.1 Å². The van der Waals surface area contributed by atoms with Crippen LogP contribution >= 0.6 is 11.3 Å². The van der Waals surface area contributed by atoms with Crippen molar-refractivity contribution < 1.29 is 0 Å². The van der Waals surface area contributed by atoms with Crippen molar-refractivity contribution in [2.45, 2.75) is 19.3 Å². The molecule has 0 spiro atoms. The minimum Gasteiger partial charge on any atom is -0.309 e. The summed E-state index contributed by atoms with van der Waals surface area (Å²) in [5.41, 5.74) is 10.8. The van der Waals surface area contributed by atoms with Crippen molar-refractivity contribution in [2.24, 2.45) is 0 Å². The zero-order valence-corrected chi connectivity index (χ0v) is 22.4. The third-order valence-electron chi connectivity index (χ3n) is 7.89. The zero-order valence-electron chi connectivity index (χ0n) is 21.6. The summed E-state index contributed by atoms with van der Waals surface area (Å²) < 4.78 is 0. The Balaban J connectivity index is 1.44. The largest absolute Gasteiger partial charge is 0.309 e. The van der Waals surface area contributed by atoms with E-state index in [9.17, 15) is 10.5 Å². The highest BCUT2D eigenvalue weighted by atomic mass is 32.1. The highest BCUT2D eigenvalue weighted by Crippen LogP contribution is 2.56. The second-order valence-corrected chi connectivity index (χ2v) is 11.5. The SMILES string of the molecule is CC1(C)c2ccccc2N(c2ccccc2)c2cc(-c3ccc4c(c3)-c3ccccc3C4=C(C#N)C#N)sc21. The van der Waals surface area contributed by atoms with Gasteiger partial charge in [0, 0.05) is 26.4 Å². The van der Waals surface area contributed by atoms with Crippen LogP contribution in [0.1, 0.15) is 35.4 Å². The van der Waals surface area contributed by atoms with E-state index in [4.69, 9.17) is 0 Å². The van der Waals surface area contributed by atoms with Crippen LogP contribution in [0.2, 0.25) is 0 Å². The van der Waals surface area contributed by atoms with E-state index in [-0.39, 0.29) is 11.0 Å². The average Bonchev–Trinajstić information content (AvgIpc) is 3.56. The first kappa shape index (κ1) is 23.2. The van der Waals surface area contributed by atoms with E-state index in [1.54, 1.807) is 0 Å². The van der Waals surface area contributed by atoms with Crippen molar-refractivity contribution in [1.82, 2.24) is 0 Å². The van der Waals surface area contributed by atoms with Crippen LogP contribution in [-0.2, 0) is 5.41 Å². The normalized spacial score (nSPS) is 13.9. The van der Waals surface area contributed by atoms with E-state index in [1.165, 1.54) is 26.7 Å². The van der Waals surface area contributed by atoms with Crippen molar-refractivity contribution in [3.63, 3.8) is 0 Å². The molecule has 2 aliphatic rings. The van der Waals surface area contributed by atoms with Crippen LogP contribution in [0, 0.1) is 22.7 Å². The molecule has 0 amide bonds. The summed E-state index contributed by atoms with van der Waals surface area (Å²) in [6.07, 6.45) is 0. The molecule has 184 valence electrons. The number of nitrogens with zero attached hydrogens (tertiary/aromatic N) is 3. The molecule has 7 rings (SSSR count). The Hall–Kier alpha value is -4.90. The minimum atomic E-state index is -0.145. The Labute approximate surface area is 232 Å². The van der Waals surface area contributed by atoms with Gasteiger partial charge in [-0.25, -0.2) is 0 Å². The Morgan fingerprint density at radius 3 is 2.13 bits per heavy atom. The summed E-state index contributed by atoms with van der Waals surface area (Å²) in [6, 6.07) is 40.3. The van der Waals surface area contributed by atoms with Crippen LogP contribution in [0.3, 0.4) is 0 Å². The molecule has 2 heterocycles. The first-order chi connectivity index (χ1) is 19.0. The second kappa shape index (κ2) is 8.57. The molecule has 4 heteroatoms. The number of anilines is 3. The maximum Gasteiger partial charge on any atom is 0.138 e. The first-order valence-electron chi connectivity index (χ1n) is 12.9. The number of nitriles is 2. The fourth-order valence-electron chi connectivity index (χ4n) is 6.07. The lowest BCUT2D eigenvalue weighted by molar-refractivity contribution is 0.647. The molecule has 0 fully saturated rings. The lowest BCUT2D eigenvalue weighted by Crippen LogP contribution is -2.28. The lowest BCUT2D eigenvalue weighted by Gasteiger charge is -2.39. The molecule has 0 radical (unpaired) electrons. The lowest BCUT2D eigenvalue weighted by atomic mass is 9.78. The van der Waals surface area contributed by atoms with Gasteiger partial charge < -0.3 is 4.90 Å². The number of para-hydroxylation sites is 2. The van der Waals surface area contributed by atoms with Gasteiger partial charge in [0.1, 0.15) is 17.7 Å². The molecule has 0 atom stereocenters. The first-order valence-corrected chi connectivity index (χ1v) is 13.7. The number of fused-ring (bicyclic) bond motifs is 5. The number of thiophene rings is 1. The van der Waals surface area contributed by atoms with Crippen LogP contribution in [0.5, 0.6) is 0 Å². The van der Waals surface area contributed by atoms with Crippen LogP contribution in [-0.4, -0.2) is 0 Å². The summed E-state index contributed by atoms with van der Waals surface area (Å²) >= 11 is 1.84. The predicted octanol–water partition coefficient (Wildman–Crippen LogP) is 9.35. The van der Waals surface area contributed by atoms with Gasteiger partial charge in [0.25, 0.3) is 0 Å². The van der Waals surface area contributed by atoms with Crippen LogP contribution < -0.4 is 4.90 Å². The van der Waals surface area contributed by atoms with Gasteiger partial charge in [-0.3, -0.25) is 0 Å². The summed E-state index contributed by atoms with van der Waals surface area (Å²) in [5, 5.41) is 19.3. The molecule has 0 N–H and O–H groups in total. The van der Waals surface area contributed by atoms with Gasteiger partial charge >= 0.3 is 0 Å². The molecule has 3 nitrogen and oxygen atoms in total. The molecule has 39 heavy (non-hydrogen) atoms. The molecule has 0 bridgehead atoms. The molecule has 4 aromatic carbocycles. The predicted molar refractivity (Wildman–Crippen MR) is 159 cm³/mol. The monoisotopic (exact) mass is 517 g/mol. The Bertz CT molecular complexity index is 1900. The quantitative estimate of drug-likeness (QED) is 0.215. The molecule has 1 aliphatic heterocycles. The molecular formula is C35H23N3S. The summed E-state index contributed by atoms with van der Waals surface area (Å²) in [5.74, 6) is 0.